The zero-order valence-electron chi connectivity index (χ0n) is 11.7. The van der Waals surface area contributed by atoms with Crippen molar-refractivity contribution >= 4 is 40.2 Å². The van der Waals surface area contributed by atoms with Gasteiger partial charge < -0.3 is 10.2 Å². The third-order valence-electron chi connectivity index (χ3n) is 3.33. The monoisotopic (exact) mass is 312 g/mol. The minimum atomic E-state index is -0.427. The van der Waals surface area contributed by atoms with Gasteiger partial charge in [0, 0.05) is 24.7 Å². The van der Waals surface area contributed by atoms with Gasteiger partial charge >= 0.3 is 0 Å². The van der Waals surface area contributed by atoms with E-state index in [1.165, 1.54) is 12.1 Å². The van der Waals surface area contributed by atoms with Crippen LogP contribution in [-0.2, 0) is 0 Å². The molecule has 3 rings (SSSR count). The third-order valence-corrected chi connectivity index (χ3v) is 3.71. The summed E-state index contributed by atoms with van der Waals surface area (Å²) in [6, 6.07) is 13.8. The number of nitrogens with one attached hydrogen (secondary N) is 1. The van der Waals surface area contributed by atoms with Crippen LogP contribution in [0.5, 0.6) is 0 Å². The van der Waals surface area contributed by atoms with E-state index >= 15 is 0 Å². The molecule has 0 saturated heterocycles. The molecule has 1 aliphatic rings. The Morgan fingerprint density at radius 2 is 1.86 bits per heavy atom. The molecule has 0 bridgehead atoms. The number of nitro groups is 1. The summed E-state index contributed by atoms with van der Waals surface area (Å²) in [5.74, 6) is 0.636. The zero-order valence-corrected chi connectivity index (χ0v) is 12.5. The van der Waals surface area contributed by atoms with E-state index in [-0.39, 0.29) is 5.69 Å². The van der Waals surface area contributed by atoms with Gasteiger partial charge in [-0.3, -0.25) is 10.1 Å². The highest BCUT2D eigenvalue weighted by atomic mass is 32.1. The molecular formula is C15H12N4O2S. The Balaban J connectivity index is 2.09. The fourth-order valence-corrected chi connectivity index (χ4v) is 2.35. The van der Waals surface area contributed by atoms with Crippen molar-refractivity contribution in [2.45, 2.75) is 0 Å². The predicted octanol–water partition coefficient (Wildman–Crippen LogP) is 3.32. The average molecular weight is 312 g/mol. The Labute approximate surface area is 132 Å². The lowest BCUT2D eigenvalue weighted by molar-refractivity contribution is -0.384. The van der Waals surface area contributed by atoms with Crippen LogP contribution in [0, 0.1) is 10.1 Å². The molecule has 0 unspecified atom stereocenters. The normalized spacial score (nSPS) is 13.8. The molecule has 0 spiro atoms. The van der Waals surface area contributed by atoms with Crippen molar-refractivity contribution in [3.05, 3.63) is 64.2 Å². The summed E-state index contributed by atoms with van der Waals surface area (Å²) in [4.78, 5) is 16.7. The number of hydrogen-bond donors (Lipinski definition) is 1. The summed E-state index contributed by atoms with van der Waals surface area (Å²) < 4.78 is 0. The third kappa shape index (κ3) is 2.53. The van der Waals surface area contributed by atoms with Crippen LogP contribution in [0.2, 0.25) is 0 Å². The van der Waals surface area contributed by atoms with Crippen LogP contribution in [0.15, 0.2) is 53.5 Å². The van der Waals surface area contributed by atoms with Crippen LogP contribution in [-0.4, -0.2) is 27.8 Å². The Bertz CT molecular complexity index is 786. The van der Waals surface area contributed by atoms with Crippen LogP contribution in [0.25, 0.3) is 0 Å². The van der Waals surface area contributed by atoms with E-state index in [1.54, 1.807) is 17.0 Å². The van der Waals surface area contributed by atoms with E-state index < -0.39 is 4.92 Å². The first kappa shape index (κ1) is 14.2. The summed E-state index contributed by atoms with van der Waals surface area (Å²) in [7, 11) is 1.81. The number of nitro benzene ring substituents is 1. The van der Waals surface area contributed by atoms with Gasteiger partial charge in [-0.1, -0.05) is 12.1 Å². The molecule has 1 heterocycles. The lowest BCUT2D eigenvalue weighted by Crippen LogP contribution is -2.35. The number of hydrogen-bond acceptors (Lipinski definition) is 4. The molecule has 0 aliphatic carbocycles. The molecule has 110 valence electrons. The molecule has 1 aliphatic heterocycles. The van der Waals surface area contributed by atoms with Crippen molar-refractivity contribution in [1.29, 1.82) is 0 Å². The number of nitrogens with zero attached hydrogens (tertiary/aromatic N) is 3. The largest absolute Gasteiger partial charge is 0.330 e. The van der Waals surface area contributed by atoms with Crippen LogP contribution in [0.4, 0.5) is 17.1 Å². The fraction of sp³-hybridized carbons (Fsp3) is 0.0667. The molecular weight excluding hydrogens is 300 g/mol. The molecule has 0 amide bonds. The van der Waals surface area contributed by atoms with E-state index in [4.69, 9.17) is 12.2 Å². The number of para-hydroxylation sites is 2. The summed E-state index contributed by atoms with van der Waals surface area (Å²) in [5, 5.41) is 14.4. The molecule has 2 aromatic carbocycles. The average Bonchev–Trinajstić information content (AvgIpc) is 2.65. The fourth-order valence-electron chi connectivity index (χ4n) is 2.15. The van der Waals surface area contributed by atoms with Gasteiger partial charge in [0.2, 0.25) is 0 Å². The molecule has 2 aromatic rings. The first-order chi connectivity index (χ1) is 10.6. The number of rotatable bonds is 2. The van der Waals surface area contributed by atoms with E-state index in [0.29, 0.717) is 10.9 Å². The first-order valence-corrected chi connectivity index (χ1v) is 6.94. The Morgan fingerprint density at radius 3 is 2.55 bits per heavy atom. The number of anilines is 1. The maximum Gasteiger partial charge on any atom is 0.269 e. The summed E-state index contributed by atoms with van der Waals surface area (Å²) >= 11 is 5.36. The lowest BCUT2D eigenvalue weighted by atomic mass is 10.1. The molecule has 0 fully saturated rings. The quantitative estimate of drug-likeness (QED) is 0.523. The van der Waals surface area contributed by atoms with Gasteiger partial charge in [0.05, 0.1) is 16.3 Å². The van der Waals surface area contributed by atoms with Crippen molar-refractivity contribution in [3.63, 3.8) is 0 Å². The van der Waals surface area contributed by atoms with Crippen molar-refractivity contribution in [3.8, 4) is 0 Å². The minimum absolute atomic E-state index is 0.0433. The zero-order chi connectivity index (χ0) is 15.7. The molecule has 0 aromatic heterocycles. The Hall–Kier alpha value is -2.80. The highest BCUT2D eigenvalue weighted by Gasteiger charge is 2.20. The van der Waals surface area contributed by atoms with Crippen LogP contribution in [0.3, 0.4) is 0 Å². The van der Waals surface area contributed by atoms with Crippen molar-refractivity contribution in [1.82, 2.24) is 4.90 Å². The van der Waals surface area contributed by atoms with Crippen molar-refractivity contribution in [2.75, 3.05) is 12.4 Å². The topological polar surface area (TPSA) is 70.8 Å². The van der Waals surface area contributed by atoms with E-state index in [2.05, 4.69) is 10.3 Å². The van der Waals surface area contributed by atoms with Crippen LogP contribution < -0.4 is 5.32 Å². The molecule has 1 N–H and O–H groups in total. The van der Waals surface area contributed by atoms with Crippen LogP contribution in [0.1, 0.15) is 5.56 Å². The highest BCUT2D eigenvalue weighted by Crippen LogP contribution is 2.28. The summed E-state index contributed by atoms with van der Waals surface area (Å²) in [6.45, 7) is 0. The molecule has 0 saturated carbocycles. The van der Waals surface area contributed by atoms with Gasteiger partial charge in [0.25, 0.3) is 5.69 Å². The number of aliphatic imine (C=N–C) groups is 1. The van der Waals surface area contributed by atoms with Gasteiger partial charge in [0.15, 0.2) is 5.11 Å². The number of benzene rings is 2. The standard InChI is InChI=1S/C15H12N4O2S/c1-18-14(10-6-8-11(9-7-10)19(20)21)16-12-4-2-3-5-13(12)17-15(18)22/h2-9H,1H3,(H,17,22). The lowest BCUT2D eigenvalue weighted by Gasteiger charge is -2.20. The molecule has 7 heteroatoms. The summed E-state index contributed by atoms with van der Waals surface area (Å²) in [6.07, 6.45) is 0. The summed E-state index contributed by atoms with van der Waals surface area (Å²) in [5.41, 5.74) is 2.40. The number of fused-ring (bicyclic) bond motifs is 1. The molecule has 0 atom stereocenters. The Kier molecular flexibility index (Phi) is 3.56. The second-order valence-corrected chi connectivity index (χ2v) is 5.13. The highest BCUT2D eigenvalue weighted by molar-refractivity contribution is 7.80. The predicted molar refractivity (Wildman–Crippen MR) is 89.7 cm³/mol. The molecule has 6 nitrogen and oxygen atoms in total. The van der Waals surface area contributed by atoms with E-state index in [1.807, 2.05) is 31.3 Å². The maximum atomic E-state index is 10.8. The SMILES string of the molecule is CN1C(=S)Nc2ccccc2N=C1c1ccc([N+](=O)[O-])cc1. The number of amidine groups is 1. The van der Waals surface area contributed by atoms with E-state index in [0.717, 1.165) is 16.9 Å². The maximum absolute atomic E-state index is 10.8. The van der Waals surface area contributed by atoms with Gasteiger partial charge in [-0.15, -0.1) is 0 Å². The smallest absolute Gasteiger partial charge is 0.269 e. The molecule has 22 heavy (non-hydrogen) atoms. The van der Waals surface area contributed by atoms with Crippen molar-refractivity contribution < 1.29 is 4.92 Å². The van der Waals surface area contributed by atoms with Gasteiger partial charge in [-0.25, -0.2) is 4.99 Å². The first-order valence-electron chi connectivity index (χ1n) is 6.53. The van der Waals surface area contributed by atoms with Gasteiger partial charge in [-0.2, -0.15) is 0 Å². The Morgan fingerprint density at radius 1 is 1.18 bits per heavy atom. The van der Waals surface area contributed by atoms with Crippen LogP contribution >= 0.6 is 12.2 Å². The minimum Gasteiger partial charge on any atom is -0.330 e. The second-order valence-electron chi connectivity index (χ2n) is 4.75. The second kappa shape index (κ2) is 5.53. The van der Waals surface area contributed by atoms with Crippen molar-refractivity contribution in [2.24, 2.45) is 4.99 Å². The number of thiocarbonyl (C=S) groups is 1. The number of non-ortho nitro benzene ring substituents is 1. The van der Waals surface area contributed by atoms with E-state index in [9.17, 15) is 10.1 Å². The molecule has 0 radical (unpaired) electrons. The van der Waals surface area contributed by atoms with Gasteiger partial charge in [0.1, 0.15) is 5.84 Å². The van der Waals surface area contributed by atoms with Gasteiger partial charge in [-0.05, 0) is 36.5 Å².